The van der Waals surface area contributed by atoms with Gasteiger partial charge in [0.25, 0.3) is 0 Å². The number of hydrogen-bond acceptors (Lipinski definition) is 4. The molecular weight excluding hydrogens is 225 g/mol. The predicted molar refractivity (Wildman–Crippen MR) is 48.8 cm³/mol. The molecule has 0 aliphatic carbocycles. The highest BCUT2D eigenvalue weighted by Crippen LogP contribution is 2.22. The Hall–Kier alpha value is -1.11. The number of alkyl halides is 3. The third-order valence-corrected chi connectivity index (χ3v) is 2.23. The molecule has 0 aliphatic rings. The summed E-state index contributed by atoms with van der Waals surface area (Å²) in [4.78, 5) is 3.80. The van der Waals surface area contributed by atoms with Crippen molar-refractivity contribution in [1.82, 2.24) is 10.1 Å². The van der Waals surface area contributed by atoms with Crippen molar-refractivity contribution in [3.8, 4) is 0 Å². The maximum absolute atomic E-state index is 11.9. The van der Waals surface area contributed by atoms with E-state index in [2.05, 4.69) is 10.1 Å². The maximum atomic E-state index is 11.9. The summed E-state index contributed by atoms with van der Waals surface area (Å²) in [6.07, 6.45) is -6.19. The van der Waals surface area contributed by atoms with E-state index >= 15 is 0 Å². The van der Waals surface area contributed by atoms with Crippen molar-refractivity contribution >= 4 is 0 Å². The largest absolute Gasteiger partial charge is 0.393 e. The standard InChI is InChI=1S/C9H13F3N2O2/c1-5(6(2)15)8-13-7(14-16-8)3-4-9(10,11)12/h5-6,15H,3-4H2,1-2H3. The van der Waals surface area contributed by atoms with Gasteiger partial charge in [-0.1, -0.05) is 12.1 Å². The summed E-state index contributed by atoms with van der Waals surface area (Å²) in [5, 5.41) is 12.7. The quantitative estimate of drug-likeness (QED) is 0.872. The van der Waals surface area contributed by atoms with Crippen LogP contribution in [0.15, 0.2) is 4.52 Å². The summed E-state index contributed by atoms with van der Waals surface area (Å²) in [5.74, 6) is -0.209. The first-order chi connectivity index (χ1) is 7.29. The van der Waals surface area contributed by atoms with Gasteiger partial charge in [0.15, 0.2) is 5.82 Å². The fraction of sp³-hybridized carbons (Fsp3) is 0.778. The monoisotopic (exact) mass is 238 g/mol. The van der Waals surface area contributed by atoms with Gasteiger partial charge in [-0.3, -0.25) is 0 Å². The number of aliphatic hydroxyl groups is 1. The van der Waals surface area contributed by atoms with Gasteiger partial charge < -0.3 is 9.63 Å². The lowest BCUT2D eigenvalue weighted by Gasteiger charge is -2.08. The van der Waals surface area contributed by atoms with Crippen molar-refractivity contribution in [3.05, 3.63) is 11.7 Å². The van der Waals surface area contributed by atoms with Gasteiger partial charge in [0.2, 0.25) is 5.89 Å². The van der Waals surface area contributed by atoms with Gasteiger partial charge in [-0.05, 0) is 6.92 Å². The number of hydrogen-bond donors (Lipinski definition) is 1. The van der Waals surface area contributed by atoms with Crippen LogP contribution in [0.1, 0.15) is 37.9 Å². The maximum Gasteiger partial charge on any atom is 0.389 e. The Balaban J connectivity index is 2.58. The van der Waals surface area contributed by atoms with E-state index in [-0.39, 0.29) is 24.1 Å². The summed E-state index contributed by atoms with van der Waals surface area (Å²) in [5.41, 5.74) is 0. The number of aryl methyl sites for hydroxylation is 1. The minimum atomic E-state index is -4.23. The second-order valence-electron chi connectivity index (χ2n) is 3.69. The van der Waals surface area contributed by atoms with E-state index in [1.54, 1.807) is 13.8 Å². The Kier molecular flexibility index (Phi) is 3.90. The first kappa shape index (κ1) is 13.0. The normalized spacial score (nSPS) is 16.1. The van der Waals surface area contributed by atoms with Gasteiger partial charge in [0.05, 0.1) is 18.4 Å². The lowest BCUT2D eigenvalue weighted by Crippen LogP contribution is -2.12. The molecule has 0 bridgehead atoms. The van der Waals surface area contributed by atoms with Crippen molar-refractivity contribution in [2.75, 3.05) is 0 Å². The van der Waals surface area contributed by atoms with Gasteiger partial charge in [-0.25, -0.2) is 0 Å². The van der Waals surface area contributed by atoms with Crippen LogP contribution in [0.5, 0.6) is 0 Å². The van der Waals surface area contributed by atoms with Crippen molar-refractivity contribution < 1.29 is 22.8 Å². The van der Waals surface area contributed by atoms with Crippen LogP contribution in [0.4, 0.5) is 13.2 Å². The zero-order valence-electron chi connectivity index (χ0n) is 8.95. The van der Waals surface area contributed by atoms with E-state index in [0.29, 0.717) is 0 Å². The third kappa shape index (κ3) is 3.80. The molecule has 0 aliphatic heterocycles. The molecule has 92 valence electrons. The molecule has 1 rings (SSSR count). The number of aliphatic hydroxyl groups excluding tert-OH is 1. The lowest BCUT2D eigenvalue weighted by atomic mass is 10.1. The summed E-state index contributed by atoms with van der Waals surface area (Å²) >= 11 is 0. The molecule has 0 fully saturated rings. The van der Waals surface area contributed by atoms with Crippen LogP contribution in [-0.2, 0) is 6.42 Å². The first-order valence-corrected chi connectivity index (χ1v) is 4.87. The molecule has 0 aromatic carbocycles. The molecule has 1 heterocycles. The van der Waals surface area contributed by atoms with Gasteiger partial charge >= 0.3 is 6.18 Å². The minimum absolute atomic E-state index is 0.0137. The Morgan fingerprint density at radius 1 is 1.38 bits per heavy atom. The zero-order chi connectivity index (χ0) is 12.3. The molecule has 2 atom stereocenters. The van der Waals surface area contributed by atoms with E-state index in [0.717, 1.165) is 0 Å². The zero-order valence-corrected chi connectivity index (χ0v) is 8.95. The minimum Gasteiger partial charge on any atom is -0.393 e. The van der Waals surface area contributed by atoms with Gasteiger partial charge in [-0.15, -0.1) is 0 Å². The molecule has 4 nitrogen and oxygen atoms in total. The molecule has 16 heavy (non-hydrogen) atoms. The summed E-state index contributed by atoms with van der Waals surface area (Å²) < 4.78 is 40.5. The van der Waals surface area contributed by atoms with Crippen LogP contribution in [0.3, 0.4) is 0 Å². The molecule has 0 saturated heterocycles. The van der Waals surface area contributed by atoms with Crippen LogP contribution >= 0.6 is 0 Å². The van der Waals surface area contributed by atoms with Crippen LogP contribution in [0, 0.1) is 0 Å². The number of rotatable bonds is 4. The Bertz CT molecular complexity index is 336. The second-order valence-corrected chi connectivity index (χ2v) is 3.69. The van der Waals surface area contributed by atoms with Gasteiger partial charge in [-0.2, -0.15) is 18.2 Å². The van der Waals surface area contributed by atoms with Crippen LogP contribution in [0.25, 0.3) is 0 Å². The average molecular weight is 238 g/mol. The van der Waals surface area contributed by atoms with Crippen LogP contribution < -0.4 is 0 Å². The highest BCUT2D eigenvalue weighted by Gasteiger charge is 2.28. The molecule has 0 saturated carbocycles. The average Bonchev–Trinajstić information content (AvgIpc) is 2.60. The molecule has 2 unspecified atom stereocenters. The topological polar surface area (TPSA) is 59.2 Å². The van der Waals surface area contributed by atoms with E-state index in [1.165, 1.54) is 0 Å². The molecule has 0 radical (unpaired) electrons. The Morgan fingerprint density at radius 3 is 2.50 bits per heavy atom. The summed E-state index contributed by atoms with van der Waals surface area (Å²) in [7, 11) is 0. The van der Waals surface area contributed by atoms with Gasteiger partial charge in [0, 0.05) is 6.42 Å². The third-order valence-electron chi connectivity index (χ3n) is 2.23. The molecule has 1 aromatic rings. The van der Waals surface area contributed by atoms with E-state index in [1.807, 2.05) is 0 Å². The van der Waals surface area contributed by atoms with E-state index in [9.17, 15) is 18.3 Å². The Labute approximate surface area is 90.5 Å². The first-order valence-electron chi connectivity index (χ1n) is 4.87. The summed E-state index contributed by atoms with van der Waals surface area (Å²) in [6.45, 7) is 3.20. The SMILES string of the molecule is CC(O)C(C)c1nc(CCC(F)(F)F)no1. The fourth-order valence-corrected chi connectivity index (χ4v) is 1.01. The highest BCUT2D eigenvalue weighted by molar-refractivity contribution is 4.94. The van der Waals surface area contributed by atoms with Gasteiger partial charge in [0.1, 0.15) is 0 Å². The fourth-order valence-electron chi connectivity index (χ4n) is 1.01. The predicted octanol–water partition coefficient (Wildman–Crippen LogP) is 2.05. The molecule has 0 spiro atoms. The van der Waals surface area contributed by atoms with Crippen molar-refractivity contribution in [1.29, 1.82) is 0 Å². The van der Waals surface area contributed by atoms with Crippen molar-refractivity contribution in [2.24, 2.45) is 0 Å². The second kappa shape index (κ2) is 4.82. The van der Waals surface area contributed by atoms with E-state index in [4.69, 9.17) is 4.52 Å². The number of halogens is 3. The van der Waals surface area contributed by atoms with Crippen LogP contribution in [0.2, 0.25) is 0 Å². The Morgan fingerprint density at radius 2 is 2.00 bits per heavy atom. The molecule has 1 aromatic heterocycles. The lowest BCUT2D eigenvalue weighted by molar-refractivity contribution is -0.134. The van der Waals surface area contributed by atoms with Crippen molar-refractivity contribution in [2.45, 2.75) is 44.9 Å². The smallest absolute Gasteiger partial charge is 0.389 e. The molecule has 1 N–H and O–H groups in total. The van der Waals surface area contributed by atoms with E-state index < -0.39 is 18.7 Å². The number of nitrogens with zero attached hydrogens (tertiary/aromatic N) is 2. The van der Waals surface area contributed by atoms with Crippen molar-refractivity contribution in [3.63, 3.8) is 0 Å². The summed E-state index contributed by atoms with van der Waals surface area (Å²) in [6, 6.07) is 0. The van der Waals surface area contributed by atoms with Crippen LogP contribution in [-0.4, -0.2) is 27.5 Å². The highest BCUT2D eigenvalue weighted by atomic mass is 19.4. The molecular formula is C9H13F3N2O2. The number of aromatic nitrogens is 2. The molecule has 7 heteroatoms. The molecule has 0 amide bonds.